The van der Waals surface area contributed by atoms with E-state index < -0.39 is 6.04 Å². The lowest BCUT2D eigenvalue weighted by Gasteiger charge is -2.14. The van der Waals surface area contributed by atoms with Gasteiger partial charge in [-0.05, 0) is 5.56 Å². The molecule has 9 nitrogen and oxygen atoms in total. The van der Waals surface area contributed by atoms with E-state index in [1.165, 1.54) is 0 Å². The fourth-order valence-corrected chi connectivity index (χ4v) is 2.37. The summed E-state index contributed by atoms with van der Waals surface area (Å²) in [6.07, 6.45) is 1.67. The van der Waals surface area contributed by atoms with E-state index in [2.05, 4.69) is 20.4 Å². The molecular formula is C16H22ClN7O2. The van der Waals surface area contributed by atoms with Crippen molar-refractivity contribution in [2.24, 2.45) is 5.73 Å². The monoisotopic (exact) mass is 379 g/mol. The molecule has 2 aromatic heterocycles. The molecule has 0 spiro atoms. The van der Waals surface area contributed by atoms with Gasteiger partial charge < -0.3 is 24.4 Å². The Morgan fingerprint density at radius 2 is 2.00 bits per heavy atom. The van der Waals surface area contributed by atoms with E-state index in [0.29, 0.717) is 31.6 Å². The quantitative estimate of drug-likeness (QED) is 0.625. The Bertz CT molecular complexity index is 793. The second-order valence-electron chi connectivity index (χ2n) is 5.60. The number of methoxy groups -OCH3 is 1. The van der Waals surface area contributed by atoms with Crippen LogP contribution in [0, 0.1) is 0 Å². The second kappa shape index (κ2) is 9.27. The molecule has 0 saturated heterocycles. The minimum absolute atomic E-state index is 0. The van der Waals surface area contributed by atoms with E-state index >= 15 is 0 Å². The highest BCUT2D eigenvalue weighted by Crippen LogP contribution is 2.21. The average molecular weight is 380 g/mol. The summed E-state index contributed by atoms with van der Waals surface area (Å²) in [5.74, 6) is 1.15. The van der Waals surface area contributed by atoms with Crippen molar-refractivity contribution in [3.63, 3.8) is 0 Å². The molecule has 1 aromatic carbocycles. The molecule has 140 valence electrons. The van der Waals surface area contributed by atoms with Crippen LogP contribution in [0.1, 0.15) is 23.3 Å². The SMILES string of the molecule is COCCn1cnnc1CN(C)c1nnc([C@H](N)c2ccccc2)o1.Cl. The zero-order valence-electron chi connectivity index (χ0n) is 14.6. The van der Waals surface area contributed by atoms with Crippen LogP contribution >= 0.6 is 12.4 Å². The van der Waals surface area contributed by atoms with Crippen LogP contribution in [0.3, 0.4) is 0 Å². The van der Waals surface area contributed by atoms with Gasteiger partial charge in [-0.3, -0.25) is 0 Å². The lowest BCUT2D eigenvalue weighted by atomic mass is 10.1. The van der Waals surface area contributed by atoms with E-state index in [0.717, 1.165) is 11.4 Å². The predicted octanol–water partition coefficient (Wildman–Crippen LogP) is 1.41. The van der Waals surface area contributed by atoms with Crippen LogP contribution in [0.2, 0.25) is 0 Å². The summed E-state index contributed by atoms with van der Waals surface area (Å²) >= 11 is 0. The third-order valence-corrected chi connectivity index (χ3v) is 3.79. The fourth-order valence-electron chi connectivity index (χ4n) is 2.37. The summed E-state index contributed by atoms with van der Waals surface area (Å²) in [5, 5.41) is 16.2. The molecule has 1 atom stereocenters. The highest BCUT2D eigenvalue weighted by molar-refractivity contribution is 5.85. The van der Waals surface area contributed by atoms with Gasteiger partial charge in [-0.1, -0.05) is 35.4 Å². The third kappa shape index (κ3) is 4.57. The number of nitrogens with two attached hydrogens (primary N) is 1. The van der Waals surface area contributed by atoms with Gasteiger partial charge in [-0.2, -0.15) is 0 Å². The van der Waals surface area contributed by atoms with Gasteiger partial charge in [-0.15, -0.1) is 27.7 Å². The highest BCUT2D eigenvalue weighted by Gasteiger charge is 2.19. The topological polar surface area (TPSA) is 108 Å². The van der Waals surface area contributed by atoms with Crippen molar-refractivity contribution in [3.05, 3.63) is 53.9 Å². The standard InChI is InChI=1S/C16H21N7O2.ClH/c1-22(10-13-19-18-11-23(13)8-9-24-2)16-21-20-15(25-16)14(17)12-6-4-3-5-7-12;/h3-7,11,14H,8-10,17H2,1-2H3;1H/t14-;/m1./s1. The molecular weight excluding hydrogens is 358 g/mol. The first-order valence-corrected chi connectivity index (χ1v) is 7.89. The molecule has 0 aliphatic rings. The largest absolute Gasteiger partial charge is 0.406 e. The van der Waals surface area contributed by atoms with Crippen LogP contribution in [0.5, 0.6) is 0 Å². The number of nitrogens with zero attached hydrogens (tertiary/aromatic N) is 6. The van der Waals surface area contributed by atoms with Crippen molar-refractivity contribution >= 4 is 18.4 Å². The number of ether oxygens (including phenoxy) is 1. The van der Waals surface area contributed by atoms with E-state index in [1.807, 2.05) is 46.8 Å². The number of rotatable bonds is 8. The van der Waals surface area contributed by atoms with E-state index in [9.17, 15) is 0 Å². The van der Waals surface area contributed by atoms with Crippen LogP contribution in [-0.4, -0.2) is 45.7 Å². The zero-order chi connectivity index (χ0) is 17.6. The summed E-state index contributed by atoms with van der Waals surface area (Å²) in [4.78, 5) is 1.81. The fraction of sp³-hybridized carbons (Fsp3) is 0.375. The van der Waals surface area contributed by atoms with Gasteiger partial charge in [0.05, 0.1) is 13.2 Å². The first-order chi connectivity index (χ1) is 12.2. The number of halogens is 1. The average Bonchev–Trinajstić information content (AvgIpc) is 3.29. The maximum Gasteiger partial charge on any atom is 0.318 e. The summed E-state index contributed by atoms with van der Waals surface area (Å²) in [5.41, 5.74) is 7.11. The Morgan fingerprint density at radius 1 is 1.23 bits per heavy atom. The minimum atomic E-state index is -0.457. The smallest absolute Gasteiger partial charge is 0.318 e. The van der Waals surface area contributed by atoms with Crippen molar-refractivity contribution in [2.45, 2.75) is 19.1 Å². The molecule has 2 N–H and O–H groups in total. The number of hydrogen-bond acceptors (Lipinski definition) is 8. The molecule has 0 unspecified atom stereocenters. The molecule has 3 aromatic rings. The van der Waals surface area contributed by atoms with Crippen molar-refractivity contribution in [3.8, 4) is 0 Å². The van der Waals surface area contributed by atoms with E-state index in [4.69, 9.17) is 14.9 Å². The third-order valence-electron chi connectivity index (χ3n) is 3.79. The van der Waals surface area contributed by atoms with Crippen LogP contribution in [0.4, 0.5) is 6.01 Å². The van der Waals surface area contributed by atoms with Gasteiger partial charge in [-0.25, -0.2) is 0 Å². The van der Waals surface area contributed by atoms with Crippen LogP contribution in [0.15, 0.2) is 41.1 Å². The van der Waals surface area contributed by atoms with Crippen molar-refractivity contribution in [1.29, 1.82) is 0 Å². The maximum atomic E-state index is 6.19. The molecule has 0 saturated carbocycles. The van der Waals surface area contributed by atoms with Crippen molar-refractivity contribution in [1.82, 2.24) is 25.0 Å². The predicted molar refractivity (Wildman–Crippen MR) is 98.0 cm³/mol. The molecule has 0 aliphatic heterocycles. The number of hydrogen-bond donors (Lipinski definition) is 1. The van der Waals surface area contributed by atoms with Gasteiger partial charge in [0, 0.05) is 20.7 Å². The van der Waals surface area contributed by atoms with E-state index in [-0.39, 0.29) is 12.4 Å². The molecule has 2 heterocycles. The lowest BCUT2D eigenvalue weighted by Crippen LogP contribution is -2.20. The molecule has 26 heavy (non-hydrogen) atoms. The second-order valence-corrected chi connectivity index (χ2v) is 5.60. The Hall–Kier alpha value is -2.49. The lowest BCUT2D eigenvalue weighted by molar-refractivity contribution is 0.186. The molecule has 0 amide bonds. The first kappa shape index (κ1) is 19.8. The Labute approximate surface area is 157 Å². The van der Waals surface area contributed by atoms with Crippen molar-refractivity contribution < 1.29 is 9.15 Å². The van der Waals surface area contributed by atoms with Crippen LogP contribution in [-0.2, 0) is 17.8 Å². The summed E-state index contributed by atoms with van der Waals surface area (Å²) < 4.78 is 12.7. The first-order valence-electron chi connectivity index (χ1n) is 7.89. The normalized spacial score (nSPS) is 11.8. The Morgan fingerprint density at radius 3 is 2.73 bits per heavy atom. The maximum absolute atomic E-state index is 6.19. The number of aromatic nitrogens is 5. The van der Waals surface area contributed by atoms with Gasteiger partial charge in [0.1, 0.15) is 12.4 Å². The highest BCUT2D eigenvalue weighted by atomic mass is 35.5. The summed E-state index contributed by atoms with van der Waals surface area (Å²) in [6.45, 7) is 1.75. The molecule has 0 bridgehead atoms. The molecule has 3 rings (SSSR count). The molecule has 10 heteroatoms. The summed E-state index contributed by atoms with van der Waals surface area (Å²) in [7, 11) is 3.51. The van der Waals surface area contributed by atoms with Crippen LogP contribution in [0.25, 0.3) is 0 Å². The molecule has 0 aliphatic carbocycles. The zero-order valence-corrected chi connectivity index (χ0v) is 15.5. The van der Waals surface area contributed by atoms with Gasteiger partial charge >= 0.3 is 6.01 Å². The van der Waals surface area contributed by atoms with Crippen molar-refractivity contribution in [2.75, 3.05) is 25.7 Å². The molecule has 0 radical (unpaired) electrons. The minimum Gasteiger partial charge on any atom is -0.406 e. The van der Waals surface area contributed by atoms with E-state index in [1.54, 1.807) is 13.4 Å². The van der Waals surface area contributed by atoms with Gasteiger partial charge in [0.2, 0.25) is 5.89 Å². The van der Waals surface area contributed by atoms with Gasteiger partial charge in [0.15, 0.2) is 5.82 Å². The summed E-state index contributed by atoms with van der Waals surface area (Å²) in [6, 6.07) is 9.55. The number of anilines is 1. The molecule has 0 fully saturated rings. The van der Waals surface area contributed by atoms with Gasteiger partial charge in [0.25, 0.3) is 0 Å². The Kier molecular flexibility index (Phi) is 7.07. The Balaban J connectivity index is 0.00000243. The van der Waals surface area contributed by atoms with Crippen LogP contribution < -0.4 is 10.6 Å². The number of benzene rings is 1.